The molecule has 11 nitrogen and oxygen atoms in total. The van der Waals surface area contributed by atoms with Crippen molar-refractivity contribution in [2.45, 2.75) is 48.2 Å². The first-order valence-electron chi connectivity index (χ1n) is 16.8. The van der Waals surface area contributed by atoms with Gasteiger partial charge in [-0.1, -0.05) is 60.7 Å². The summed E-state index contributed by atoms with van der Waals surface area (Å²) in [5.41, 5.74) is 1.17. The molecule has 2 aromatic heterocycles. The number of fused-ring (bicyclic) bond motifs is 1. The van der Waals surface area contributed by atoms with Crippen LogP contribution in [0.4, 0.5) is 13.6 Å². The van der Waals surface area contributed by atoms with E-state index in [9.17, 15) is 36.7 Å². The maximum Gasteiger partial charge on any atom is 0.407 e. The molecule has 278 valence electrons. The highest BCUT2D eigenvalue weighted by Gasteiger charge is 2.48. The second-order valence-electron chi connectivity index (χ2n) is 12.9. The zero-order valence-corrected chi connectivity index (χ0v) is 30.2. The smallest absolute Gasteiger partial charge is 0.407 e. The number of thiophene rings is 1. The van der Waals surface area contributed by atoms with E-state index in [1.807, 2.05) is 60.7 Å². The van der Waals surface area contributed by atoms with Crippen LogP contribution in [0.3, 0.4) is 0 Å². The third-order valence-electron chi connectivity index (χ3n) is 9.32. The summed E-state index contributed by atoms with van der Waals surface area (Å²) in [7, 11) is -3.17. The summed E-state index contributed by atoms with van der Waals surface area (Å²) in [6.45, 7) is -0.914. The molecule has 0 unspecified atom stereocenters. The van der Waals surface area contributed by atoms with Crippen LogP contribution in [0.25, 0.3) is 10.8 Å². The molecule has 1 saturated carbocycles. The summed E-state index contributed by atoms with van der Waals surface area (Å²) in [6, 6.07) is 25.2. The lowest BCUT2D eigenvalue weighted by Crippen LogP contribution is -2.50. The monoisotopic (exact) mass is 764 g/mol. The van der Waals surface area contributed by atoms with Crippen LogP contribution < -0.4 is 16.2 Å². The Morgan fingerprint density at radius 1 is 1.00 bits per heavy atom. The molecule has 1 aliphatic rings. The van der Waals surface area contributed by atoms with E-state index in [1.165, 1.54) is 31.5 Å². The number of nitrogens with zero attached hydrogens (tertiary/aromatic N) is 1. The Labute approximate surface area is 308 Å². The zero-order valence-electron chi connectivity index (χ0n) is 28.6. The Hall–Kier alpha value is -4.96. The number of nitrogens with one attached hydrogen (secondary N) is 3. The lowest BCUT2D eigenvalue weighted by Gasteiger charge is -2.39. The first-order chi connectivity index (χ1) is 25.4. The number of benzene rings is 3. The number of carbonyl (C=O) groups excluding carboxylic acids is 2. The standard InChI is InChI=1S/C38H38F2N4O7S2/c1-51-37(48)43-34(33(25-8-4-2-5-9-25)26-10-6-3-7-11-26)36(47)42-21-28-12-15-32(52-28)31(23-45)44(22-24-19-38(39,40)20-24)53(49,50)29-13-14-30-27(18-29)16-17-41-35(30)46/h2-18,24,31,33-34,45H,19-23H2,1H3,(H,41,46)(H,42,47)(H,43,48)/t31-,34+/m1/s1. The number of ether oxygens (including phenoxy) is 1. The Balaban J connectivity index is 1.26. The molecular weight excluding hydrogens is 727 g/mol. The molecule has 6 rings (SSSR count). The second kappa shape index (κ2) is 16.0. The minimum absolute atomic E-state index is 0.00187. The number of aliphatic hydroxyl groups is 1. The number of alkyl carbamates (subject to hydrolysis) is 1. The lowest BCUT2D eigenvalue weighted by atomic mass is 9.81. The molecule has 2 amide bonds. The molecule has 0 radical (unpaired) electrons. The van der Waals surface area contributed by atoms with Crippen molar-refractivity contribution in [3.63, 3.8) is 0 Å². The summed E-state index contributed by atoms with van der Waals surface area (Å²) in [5, 5.41) is 16.9. The van der Waals surface area contributed by atoms with E-state index in [0.29, 0.717) is 15.1 Å². The van der Waals surface area contributed by atoms with E-state index in [1.54, 1.807) is 18.2 Å². The van der Waals surface area contributed by atoms with Gasteiger partial charge in [-0.15, -0.1) is 11.3 Å². The number of aromatic amines is 1. The van der Waals surface area contributed by atoms with Crippen molar-refractivity contribution < 1.29 is 36.6 Å². The summed E-state index contributed by atoms with van der Waals surface area (Å²) >= 11 is 1.15. The fourth-order valence-electron chi connectivity index (χ4n) is 6.69. The molecule has 2 heterocycles. The number of sulfonamides is 1. The fraction of sp³-hybridized carbons (Fsp3) is 0.289. The summed E-state index contributed by atoms with van der Waals surface area (Å²) in [4.78, 5) is 42.1. The maximum atomic E-state index is 14.2. The number of methoxy groups -OCH3 is 1. The van der Waals surface area contributed by atoms with Crippen LogP contribution in [0.2, 0.25) is 0 Å². The van der Waals surface area contributed by atoms with Crippen molar-refractivity contribution in [3.8, 4) is 0 Å². The van der Waals surface area contributed by atoms with Crippen molar-refractivity contribution in [2.75, 3.05) is 20.3 Å². The number of carbonyl (C=O) groups is 2. The number of rotatable bonds is 14. The molecule has 3 aromatic carbocycles. The van der Waals surface area contributed by atoms with Gasteiger partial charge in [0.15, 0.2) is 0 Å². The maximum absolute atomic E-state index is 14.2. The highest BCUT2D eigenvalue weighted by Crippen LogP contribution is 2.45. The number of aliphatic hydroxyl groups excluding tert-OH is 1. The molecule has 0 spiro atoms. The average molecular weight is 765 g/mol. The van der Waals surface area contributed by atoms with Crippen molar-refractivity contribution in [1.82, 2.24) is 19.9 Å². The SMILES string of the molecule is COC(=O)N[C@H](C(=O)NCc1ccc([C@@H](CO)N(CC2CC(F)(F)C2)S(=O)(=O)c2ccc3c(=O)[nH]ccc3c2)s1)C(c1ccccc1)c1ccccc1. The first-order valence-corrected chi connectivity index (χ1v) is 19.1. The molecule has 2 atom stereocenters. The predicted octanol–water partition coefficient (Wildman–Crippen LogP) is 5.53. The normalized spacial score (nSPS) is 15.5. The van der Waals surface area contributed by atoms with Crippen LogP contribution in [0, 0.1) is 5.92 Å². The molecule has 1 fully saturated rings. The topological polar surface area (TPSA) is 158 Å². The number of H-pyrrole nitrogens is 1. The van der Waals surface area contributed by atoms with Gasteiger partial charge in [-0.2, -0.15) is 4.31 Å². The van der Waals surface area contributed by atoms with Crippen LogP contribution in [0.1, 0.15) is 45.7 Å². The number of amides is 2. The van der Waals surface area contributed by atoms with Crippen LogP contribution in [0.5, 0.6) is 0 Å². The molecule has 53 heavy (non-hydrogen) atoms. The van der Waals surface area contributed by atoms with Gasteiger partial charge in [0.25, 0.3) is 5.56 Å². The van der Waals surface area contributed by atoms with Gasteiger partial charge in [-0.25, -0.2) is 22.0 Å². The summed E-state index contributed by atoms with van der Waals surface area (Å²) in [5.74, 6) is -4.63. The molecule has 15 heteroatoms. The molecule has 4 N–H and O–H groups in total. The molecule has 1 aliphatic carbocycles. The Morgan fingerprint density at radius 2 is 1.66 bits per heavy atom. The lowest BCUT2D eigenvalue weighted by molar-refractivity contribution is -0.123. The number of halogens is 2. The average Bonchev–Trinajstić information content (AvgIpc) is 3.62. The highest BCUT2D eigenvalue weighted by atomic mass is 32.2. The Morgan fingerprint density at radius 3 is 2.26 bits per heavy atom. The van der Waals surface area contributed by atoms with Crippen LogP contribution in [0.15, 0.2) is 113 Å². The number of hydrogen-bond donors (Lipinski definition) is 4. The van der Waals surface area contributed by atoms with Crippen molar-refractivity contribution in [2.24, 2.45) is 5.92 Å². The van der Waals surface area contributed by atoms with E-state index in [2.05, 4.69) is 15.6 Å². The third kappa shape index (κ3) is 8.49. The molecule has 5 aromatic rings. The predicted molar refractivity (Wildman–Crippen MR) is 196 cm³/mol. The van der Waals surface area contributed by atoms with Gasteiger partial charge in [-0.05, 0) is 58.8 Å². The van der Waals surface area contributed by atoms with E-state index < -0.39 is 76.9 Å². The van der Waals surface area contributed by atoms with Gasteiger partial charge < -0.3 is 25.5 Å². The largest absolute Gasteiger partial charge is 0.453 e. The van der Waals surface area contributed by atoms with Crippen molar-refractivity contribution in [3.05, 3.63) is 134 Å². The van der Waals surface area contributed by atoms with E-state index in [0.717, 1.165) is 26.8 Å². The van der Waals surface area contributed by atoms with Gasteiger partial charge in [-0.3, -0.25) is 9.59 Å². The number of pyridine rings is 1. The zero-order chi connectivity index (χ0) is 37.8. The minimum atomic E-state index is -4.38. The summed E-state index contributed by atoms with van der Waals surface area (Å²) < 4.78 is 62.2. The second-order valence-corrected chi connectivity index (χ2v) is 16.0. The van der Waals surface area contributed by atoms with Crippen molar-refractivity contribution in [1.29, 1.82) is 0 Å². The molecule has 0 bridgehead atoms. The van der Waals surface area contributed by atoms with Gasteiger partial charge in [0.1, 0.15) is 6.04 Å². The van der Waals surface area contributed by atoms with Gasteiger partial charge >= 0.3 is 6.09 Å². The third-order valence-corrected chi connectivity index (χ3v) is 12.4. The van der Waals surface area contributed by atoms with Gasteiger partial charge in [0.2, 0.25) is 21.9 Å². The van der Waals surface area contributed by atoms with Gasteiger partial charge in [0.05, 0.1) is 31.2 Å². The van der Waals surface area contributed by atoms with E-state index in [-0.39, 0.29) is 23.4 Å². The van der Waals surface area contributed by atoms with Gasteiger partial charge in [0, 0.05) is 46.6 Å². The van der Waals surface area contributed by atoms with E-state index in [4.69, 9.17) is 4.74 Å². The first kappa shape index (κ1) is 37.8. The number of alkyl halides is 2. The number of hydrogen-bond acceptors (Lipinski definition) is 8. The van der Waals surface area contributed by atoms with E-state index >= 15 is 0 Å². The quantitative estimate of drug-likeness (QED) is 0.116. The molecule has 0 saturated heterocycles. The van der Waals surface area contributed by atoms with Crippen LogP contribution >= 0.6 is 11.3 Å². The Kier molecular flexibility index (Phi) is 11.4. The van der Waals surface area contributed by atoms with Crippen LogP contribution in [-0.4, -0.2) is 67.0 Å². The van der Waals surface area contributed by atoms with Crippen molar-refractivity contribution >= 4 is 44.1 Å². The molecule has 0 aliphatic heterocycles. The minimum Gasteiger partial charge on any atom is -0.453 e. The highest BCUT2D eigenvalue weighted by molar-refractivity contribution is 7.89. The Bertz CT molecular complexity index is 2190. The fourth-order valence-corrected chi connectivity index (χ4v) is 9.52. The molecular formula is C38H38F2N4O7S2. The number of aromatic nitrogens is 1. The van der Waals surface area contributed by atoms with Crippen LogP contribution in [-0.2, 0) is 26.1 Å². The summed E-state index contributed by atoms with van der Waals surface area (Å²) in [6.07, 6.45) is -0.371.